The van der Waals surface area contributed by atoms with Crippen LogP contribution in [0.1, 0.15) is 15.9 Å². The Hall–Kier alpha value is -1.06. The molecule has 0 bridgehead atoms. The van der Waals surface area contributed by atoms with Crippen molar-refractivity contribution >= 4 is 17.6 Å². The van der Waals surface area contributed by atoms with Gasteiger partial charge in [-0.25, -0.2) is 4.79 Å². The summed E-state index contributed by atoms with van der Waals surface area (Å²) in [6.45, 7) is -0.139. The Labute approximate surface area is 74.2 Å². The van der Waals surface area contributed by atoms with Gasteiger partial charge in [0.05, 0.1) is 17.2 Å². The van der Waals surface area contributed by atoms with Gasteiger partial charge in [0.2, 0.25) is 0 Å². The molecule has 2 N–H and O–H groups in total. The maximum atomic E-state index is 10.5. The number of carboxylic acid groups (broad SMARTS) is 1. The minimum atomic E-state index is -1.07. The fraction of sp³-hybridized carbons (Fsp3) is 0.125. The van der Waals surface area contributed by atoms with Gasteiger partial charge in [0.15, 0.2) is 0 Å². The average molecular weight is 187 g/mol. The summed E-state index contributed by atoms with van der Waals surface area (Å²) in [7, 11) is 0. The molecule has 4 heteroatoms. The van der Waals surface area contributed by atoms with Gasteiger partial charge in [-0.2, -0.15) is 0 Å². The zero-order chi connectivity index (χ0) is 9.14. The van der Waals surface area contributed by atoms with Gasteiger partial charge in [-0.3, -0.25) is 0 Å². The van der Waals surface area contributed by atoms with E-state index in [1.165, 1.54) is 18.2 Å². The smallest absolute Gasteiger partial charge is 0.337 e. The number of halogens is 1. The number of aliphatic hydroxyl groups excluding tert-OH is 1. The number of aliphatic hydroxyl groups is 1. The lowest BCUT2D eigenvalue weighted by atomic mass is 10.1. The normalized spacial score (nSPS) is 9.83. The van der Waals surface area contributed by atoms with E-state index in [0.29, 0.717) is 5.56 Å². The van der Waals surface area contributed by atoms with Crippen LogP contribution in [0, 0.1) is 0 Å². The van der Waals surface area contributed by atoms with Crippen molar-refractivity contribution in [3.8, 4) is 0 Å². The molecule has 0 spiro atoms. The summed E-state index contributed by atoms with van der Waals surface area (Å²) in [5.74, 6) is -1.07. The molecule has 0 fully saturated rings. The number of benzene rings is 1. The minimum Gasteiger partial charge on any atom is -0.478 e. The summed E-state index contributed by atoms with van der Waals surface area (Å²) in [6, 6.07) is 4.33. The Balaban J connectivity index is 3.12. The Bertz CT molecular complexity index is 309. The van der Waals surface area contributed by atoms with E-state index in [2.05, 4.69) is 0 Å². The van der Waals surface area contributed by atoms with Crippen molar-refractivity contribution in [1.82, 2.24) is 0 Å². The van der Waals surface area contributed by atoms with E-state index in [0.717, 1.165) is 0 Å². The molecule has 0 amide bonds. The predicted octanol–water partition coefficient (Wildman–Crippen LogP) is 1.53. The van der Waals surface area contributed by atoms with Crippen LogP contribution in [-0.2, 0) is 6.61 Å². The van der Waals surface area contributed by atoms with Gasteiger partial charge in [0.1, 0.15) is 0 Å². The third kappa shape index (κ3) is 1.75. The summed E-state index contributed by atoms with van der Waals surface area (Å²) < 4.78 is 0. The van der Waals surface area contributed by atoms with Crippen molar-refractivity contribution in [2.45, 2.75) is 6.61 Å². The van der Waals surface area contributed by atoms with E-state index in [-0.39, 0.29) is 17.2 Å². The highest BCUT2D eigenvalue weighted by molar-refractivity contribution is 6.33. The molecule has 3 nitrogen and oxygen atoms in total. The molecule has 64 valence electrons. The van der Waals surface area contributed by atoms with Crippen LogP contribution in [0.5, 0.6) is 0 Å². The third-order valence-corrected chi connectivity index (χ3v) is 1.76. The molecule has 12 heavy (non-hydrogen) atoms. The van der Waals surface area contributed by atoms with Gasteiger partial charge in [0, 0.05) is 0 Å². The van der Waals surface area contributed by atoms with Crippen LogP contribution in [0.3, 0.4) is 0 Å². The van der Waals surface area contributed by atoms with Gasteiger partial charge in [-0.05, 0) is 17.7 Å². The second kappa shape index (κ2) is 3.56. The Morgan fingerprint density at radius 2 is 2.17 bits per heavy atom. The molecule has 0 aliphatic carbocycles. The van der Waals surface area contributed by atoms with Gasteiger partial charge < -0.3 is 10.2 Å². The molecule has 0 aliphatic heterocycles. The second-order valence-corrected chi connectivity index (χ2v) is 2.68. The summed E-state index contributed by atoms with van der Waals surface area (Å²) in [5.41, 5.74) is 0.652. The highest BCUT2D eigenvalue weighted by atomic mass is 35.5. The van der Waals surface area contributed by atoms with E-state index in [9.17, 15) is 4.79 Å². The first-order chi connectivity index (χ1) is 5.65. The molecule has 0 unspecified atom stereocenters. The fourth-order valence-electron chi connectivity index (χ4n) is 0.830. The van der Waals surface area contributed by atoms with Gasteiger partial charge in [0.25, 0.3) is 0 Å². The van der Waals surface area contributed by atoms with Crippen LogP contribution in [-0.4, -0.2) is 16.2 Å². The maximum Gasteiger partial charge on any atom is 0.337 e. The van der Waals surface area contributed by atoms with Crippen molar-refractivity contribution < 1.29 is 15.0 Å². The molecule has 0 saturated heterocycles. The Morgan fingerprint density at radius 3 is 2.58 bits per heavy atom. The van der Waals surface area contributed by atoms with E-state index in [4.69, 9.17) is 21.8 Å². The zero-order valence-corrected chi connectivity index (χ0v) is 6.88. The number of hydrogen-bond acceptors (Lipinski definition) is 2. The molecule has 0 aromatic heterocycles. The van der Waals surface area contributed by atoms with E-state index < -0.39 is 5.97 Å². The number of carboxylic acids is 1. The SMILES string of the molecule is O=C(O)c1ccc(CO)cc1Cl. The van der Waals surface area contributed by atoms with Crippen LogP contribution < -0.4 is 0 Å². The molecular weight excluding hydrogens is 180 g/mol. The monoisotopic (exact) mass is 186 g/mol. The average Bonchev–Trinajstić information content (AvgIpc) is 2.03. The predicted molar refractivity (Wildman–Crippen MR) is 44.3 cm³/mol. The van der Waals surface area contributed by atoms with Crippen LogP contribution in [0.25, 0.3) is 0 Å². The van der Waals surface area contributed by atoms with E-state index >= 15 is 0 Å². The third-order valence-electron chi connectivity index (χ3n) is 1.45. The molecular formula is C8H7ClO3. The molecule has 0 saturated carbocycles. The lowest BCUT2D eigenvalue weighted by Crippen LogP contribution is -1.97. The summed E-state index contributed by atoms with van der Waals surface area (Å²) in [5, 5.41) is 17.4. The summed E-state index contributed by atoms with van der Waals surface area (Å²) >= 11 is 5.61. The van der Waals surface area contributed by atoms with Gasteiger partial charge >= 0.3 is 5.97 Å². The highest BCUT2D eigenvalue weighted by Gasteiger charge is 2.07. The number of hydrogen-bond donors (Lipinski definition) is 2. The minimum absolute atomic E-state index is 0.0499. The van der Waals surface area contributed by atoms with Gasteiger partial charge in [-0.15, -0.1) is 0 Å². The van der Waals surface area contributed by atoms with Crippen molar-refractivity contribution in [3.63, 3.8) is 0 Å². The first-order valence-corrected chi connectivity index (χ1v) is 3.65. The van der Waals surface area contributed by atoms with E-state index in [1.54, 1.807) is 0 Å². The summed E-state index contributed by atoms with van der Waals surface area (Å²) in [4.78, 5) is 10.5. The molecule has 0 atom stereocenters. The molecule has 1 rings (SSSR count). The van der Waals surface area contributed by atoms with Crippen LogP contribution in [0.2, 0.25) is 5.02 Å². The standard InChI is InChI=1S/C8H7ClO3/c9-7-3-5(4-10)1-2-6(7)8(11)12/h1-3,10H,4H2,(H,11,12). The molecule has 0 heterocycles. The van der Waals surface area contributed by atoms with E-state index in [1.807, 2.05) is 0 Å². The molecule has 1 aromatic carbocycles. The number of aromatic carboxylic acids is 1. The molecule has 0 aliphatic rings. The number of rotatable bonds is 2. The van der Waals surface area contributed by atoms with Crippen molar-refractivity contribution in [2.75, 3.05) is 0 Å². The van der Waals surface area contributed by atoms with Crippen molar-refractivity contribution in [2.24, 2.45) is 0 Å². The largest absolute Gasteiger partial charge is 0.478 e. The maximum absolute atomic E-state index is 10.5. The van der Waals surface area contributed by atoms with Crippen molar-refractivity contribution in [3.05, 3.63) is 34.3 Å². The number of carbonyl (C=O) groups is 1. The quantitative estimate of drug-likeness (QED) is 0.737. The lowest BCUT2D eigenvalue weighted by molar-refractivity contribution is 0.0697. The Kier molecular flexibility index (Phi) is 2.68. The fourth-order valence-corrected chi connectivity index (χ4v) is 1.11. The van der Waals surface area contributed by atoms with Crippen molar-refractivity contribution in [1.29, 1.82) is 0 Å². The zero-order valence-electron chi connectivity index (χ0n) is 6.12. The highest BCUT2D eigenvalue weighted by Crippen LogP contribution is 2.17. The second-order valence-electron chi connectivity index (χ2n) is 2.28. The van der Waals surface area contributed by atoms with Crippen LogP contribution in [0.15, 0.2) is 18.2 Å². The lowest BCUT2D eigenvalue weighted by Gasteiger charge is -2.00. The summed E-state index contributed by atoms with van der Waals surface area (Å²) in [6.07, 6.45) is 0. The van der Waals surface area contributed by atoms with Crippen LogP contribution >= 0.6 is 11.6 Å². The first-order valence-electron chi connectivity index (χ1n) is 3.27. The topological polar surface area (TPSA) is 57.5 Å². The molecule has 1 aromatic rings. The van der Waals surface area contributed by atoms with Crippen LogP contribution in [0.4, 0.5) is 0 Å². The van der Waals surface area contributed by atoms with Gasteiger partial charge in [-0.1, -0.05) is 17.7 Å². The first kappa shape index (κ1) is 9.03. The molecule has 0 radical (unpaired) electrons. The Morgan fingerprint density at radius 1 is 1.50 bits per heavy atom.